The van der Waals surface area contributed by atoms with Gasteiger partial charge in [-0.1, -0.05) is 29.3 Å². The van der Waals surface area contributed by atoms with Crippen LogP contribution in [0.1, 0.15) is 24.1 Å². The Kier molecular flexibility index (Phi) is 7.97. The number of carbonyl (C=O) groups excluding carboxylic acids is 2. The Morgan fingerprint density at radius 2 is 1.96 bits per heavy atom. The molecule has 7 nitrogen and oxygen atoms in total. The van der Waals surface area contributed by atoms with Gasteiger partial charge >= 0.3 is 5.97 Å². The van der Waals surface area contributed by atoms with Crippen molar-refractivity contribution in [1.82, 2.24) is 9.97 Å². The number of rotatable bonds is 10. The van der Waals surface area contributed by atoms with Crippen LogP contribution in [0, 0.1) is 5.41 Å². The lowest BCUT2D eigenvalue weighted by atomic mass is 10.0. The summed E-state index contributed by atoms with van der Waals surface area (Å²) in [6.45, 7) is 0.0221. The maximum atomic E-state index is 12.1. The molecule has 1 aromatic heterocycles. The monoisotopic (exact) mass is 410 g/mol. The summed E-state index contributed by atoms with van der Waals surface area (Å²) in [7, 11) is 0. The van der Waals surface area contributed by atoms with E-state index in [1.54, 1.807) is 30.7 Å². The molecule has 0 aliphatic heterocycles. The highest BCUT2D eigenvalue weighted by Crippen LogP contribution is 2.25. The molecule has 0 radical (unpaired) electrons. The number of Topliss-reactive ketones (excluding diaryl/α,β-unsaturated/α-hetero) is 1. The first-order chi connectivity index (χ1) is 12.8. The van der Waals surface area contributed by atoms with Gasteiger partial charge in [0.1, 0.15) is 12.4 Å². The van der Waals surface area contributed by atoms with Crippen LogP contribution < -0.4 is 5.73 Å². The molecule has 4 N–H and O–H groups in total. The van der Waals surface area contributed by atoms with Crippen molar-refractivity contribution in [2.75, 3.05) is 6.61 Å². The Bertz CT molecular complexity index is 789. The lowest BCUT2D eigenvalue weighted by Gasteiger charge is -2.11. The summed E-state index contributed by atoms with van der Waals surface area (Å²) in [5, 5.41) is 8.63. The molecule has 0 bridgehead atoms. The second kappa shape index (κ2) is 10.2. The topological polar surface area (TPSA) is 122 Å². The van der Waals surface area contributed by atoms with Gasteiger partial charge in [0.2, 0.25) is 0 Å². The van der Waals surface area contributed by atoms with Crippen LogP contribution in [0.15, 0.2) is 30.7 Å². The number of hydrogen-bond acceptors (Lipinski definition) is 6. The van der Waals surface area contributed by atoms with Crippen LogP contribution in [-0.2, 0) is 27.2 Å². The smallest absolute Gasteiger partial charge is 0.311 e. The second-order valence-corrected chi connectivity index (χ2v) is 6.91. The Hall–Kier alpha value is -2.22. The molecule has 0 unspecified atom stereocenters. The van der Waals surface area contributed by atoms with Gasteiger partial charge in [-0.05, 0) is 17.7 Å². The molecule has 1 aromatic carbocycles. The first kappa shape index (κ1) is 21.1. The summed E-state index contributed by atoms with van der Waals surface area (Å²) in [6.07, 6.45) is 3.25. The highest BCUT2D eigenvalue weighted by Gasteiger charge is 2.16. The van der Waals surface area contributed by atoms with Crippen LogP contribution >= 0.6 is 23.2 Å². The summed E-state index contributed by atoms with van der Waals surface area (Å²) in [4.78, 5) is 30.7. The number of ether oxygens (including phenoxy) is 1. The summed E-state index contributed by atoms with van der Waals surface area (Å²) < 4.78 is 5.07. The molecule has 0 saturated heterocycles. The molecule has 144 valence electrons. The van der Waals surface area contributed by atoms with Gasteiger partial charge in [0.15, 0.2) is 0 Å². The minimum Gasteiger partial charge on any atom is -0.464 e. The van der Waals surface area contributed by atoms with Crippen molar-refractivity contribution in [2.24, 2.45) is 5.73 Å². The van der Waals surface area contributed by atoms with Crippen molar-refractivity contribution in [3.05, 3.63) is 52.0 Å². The molecule has 9 heteroatoms. The van der Waals surface area contributed by atoms with E-state index in [-0.39, 0.29) is 43.4 Å². The maximum Gasteiger partial charge on any atom is 0.311 e. The molecule has 0 spiro atoms. The summed E-state index contributed by atoms with van der Waals surface area (Å²) >= 11 is 12.1. The van der Waals surface area contributed by atoms with Gasteiger partial charge in [-0.15, -0.1) is 0 Å². The predicted octanol–water partition coefficient (Wildman–Crippen LogP) is 2.74. The van der Waals surface area contributed by atoms with E-state index in [0.29, 0.717) is 22.0 Å². The summed E-state index contributed by atoms with van der Waals surface area (Å²) in [5.41, 5.74) is 7.21. The van der Waals surface area contributed by atoms with Crippen molar-refractivity contribution < 1.29 is 14.3 Å². The Labute approximate surface area is 166 Å². The fraction of sp³-hybridized carbons (Fsp3) is 0.333. The van der Waals surface area contributed by atoms with Crippen LogP contribution in [0.3, 0.4) is 0 Å². The molecule has 1 heterocycles. The first-order valence-electron chi connectivity index (χ1n) is 8.24. The van der Waals surface area contributed by atoms with Gasteiger partial charge in [0.25, 0.3) is 0 Å². The number of carbonyl (C=O) groups is 2. The summed E-state index contributed by atoms with van der Waals surface area (Å²) in [6, 6.07) is 4.59. The molecule has 2 rings (SSSR count). The molecule has 1 atom stereocenters. The number of halogens is 2. The molecule has 27 heavy (non-hydrogen) atoms. The van der Waals surface area contributed by atoms with Crippen LogP contribution in [0.25, 0.3) is 0 Å². The SMILES string of the molecule is N=C(CC(=O)Cc1c(Cl)cccc1Cl)CC(=O)OC[C@@H](N)Cc1cnc[nH]1. The average molecular weight is 411 g/mol. The number of hydrogen-bond donors (Lipinski definition) is 3. The number of ketones is 1. The number of nitrogens with two attached hydrogens (primary N) is 1. The second-order valence-electron chi connectivity index (χ2n) is 6.10. The van der Waals surface area contributed by atoms with Gasteiger partial charge in [-0.3, -0.25) is 9.59 Å². The molecular formula is C18H20Cl2N4O3. The third kappa shape index (κ3) is 7.13. The number of aromatic nitrogens is 2. The van der Waals surface area contributed by atoms with E-state index >= 15 is 0 Å². The maximum absolute atomic E-state index is 12.1. The molecule has 0 amide bonds. The van der Waals surface area contributed by atoms with E-state index in [1.807, 2.05) is 0 Å². The zero-order chi connectivity index (χ0) is 19.8. The van der Waals surface area contributed by atoms with Crippen molar-refractivity contribution in [3.63, 3.8) is 0 Å². The number of benzene rings is 1. The fourth-order valence-corrected chi connectivity index (χ4v) is 2.96. The normalized spacial score (nSPS) is 11.8. The van der Waals surface area contributed by atoms with E-state index in [2.05, 4.69) is 9.97 Å². The average Bonchev–Trinajstić information content (AvgIpc) is 3.09. The zero-order valence-electron chi connectivity index (χ0n) is 14.5. The standard InChI is InChI=1S/C18H20Cl2N4O3/c19-16-2-1-3-17(20)15(16)7-14(25)5-11(21)6-18(26)27-9-12(22)4-13-8-23-10-24-13/h1-3,8,10,12,21H,4-7,9,22H2,(H,23,24)/t12-/m0/s1. The largest absolute Gasteiger partial charge is 0.464 e. The van der Waals surface area contributed by atoms with Crippen LogP contribution in [0.5, 0.6) is 0 Å². The molecule has 0 saturated carbocycles. The quantitative estimate of drug-likeness (QED) is 0.410. The van der Waals surface area contributed by atoms with Gasteiger partial charge in [0, 0.05) is 53.0 Å². The molecule has 0 aliphatic rings. The van der Waals surface area contributed by atoms with Gasteiger partial charge in [0.05, 0.1) is 12.7 Å². The van der Waals surface area contributed by atoms with E-state index in [1.165, 1.54) is 0 Å². The van der Waals surface area contributed by atoms with Crippen LogP contribution in [0.4, 0.5) is 0 Å². The van der Waals surface area contributed by atoms with Crippen molar-refractivity contribution in [2.45, 2.75) is 31.7 Å². The van der Waals surface area contributed by atoms with Crippen molar-refractivity contribution >= 4 is 40.7 Å². The van der Waals surface area contributed by atoms with E-state index < -0.39 is 5.97 Å². The number of aromatic amines is 1. The van der Waals surface area contributed by atoms with Crippen LogP contribution in [0.2, 0.25) is 10.0 Å². The van der Waals surface area contributed by atoms with E-state index in [0.717, 1.165) is 5.69 Å². The molecular weight excluding hydrogens is 391 g/mol. The van der Waals surface area contributed by atoms with Gasteiger partial charge < -0.3 is 20.9 Å². The number of imidazole rings is 1. The number of H-pyrrole nitrogens is 1. The highest BCUT2D eigenvalue weighted by atomic mass is 35.5. The first-order valence-corrected chi connectivity index (χ1v) is 9.00. The third-order valence-electron chi connectivity index (χ3n) is 3.70. The van der Waals surface area contributed by atoms with Crippen molar-refractivity contribution in [3.8, 4) is 0 Å². The minimum atomic E-state index is -0.594. The third-order valence-corrected chi connectivity index (χ3v) is 4.41. The Morgan fingerprint density at radius 3 is 2.59 bits per heavy atom. The summed E-state index contributed by atoms with van der Waals surface area (Å²) in [5.74, 6) is -0.845. The lowest BCUT2D eigenvalue weighted by Crippen LogP contribution is -2.30. The highest BCUT2D eigenvalue weighted by molar-refractivity contribution is 6.36. The van der Waals surface area contributed by atoms with E-state index in [4.69, 9.17) is 39.1 Å². The van der Waals surface area contributed by atoms with E-state index in [9.17, 15) is 9.59 Å². The number of nitrogens with one attached hydrogen (secondary N) is 2. The van der Waals surface area contributed by atoms with Crippen LogP contribution in [-0.4, -0.2) is 40.1 Å². The lowest BCUT2D eigenvalue weighted by molar-refractivity contribution is -0.142. The molecule has 2 aromatic rings. The fourth-order valence-electron chi connectivity index (χ4n) is 2.42. The Morgan fingerprint density at radius 1 is 1.26 bits per heavy atom. The predicted molar refractivity (Wildman–Crippen MR) is 103 cm³/mol. The van der Waals surface area contributed by atoms with Crippen molar-refractivity contribution in [1.29, 1.82) is 5.41 Å². The zero-order valence-corrected chi connectivity index (χ0v) is 16.0. The molecule has 0 fully saturated rings. The minimum absolute atomic E-state index is 0.00495. The number of nitrogens with zero attached hydrogens (tertiary/aromatic N) is 1. The number of esters is 1. The Balaban J connectivity index is 1.72. The van der Waals surface area contributed by atoms with Gasteiger partial charge in [-0.25, -0.2) is 4.98 Å². The van der Waals surface area contributed by atoms with Gasteiger partial charge in [-0.2, -0.15) is 0 Å². The molecule has 0 aliphatic carbocycles.